The monoisotopic (exact) mass is 448 g/mol. The van der Waals surface area contributed by atoms with E-state index in [1.54, 1.807) is 29.8 Å². The van der Waals surface area contributed by atoms with Gasteiger partial charge in [0.2, 0.25) is 0 Å². The van der Waals surface area contributed by atoms with Gasteiger partial charge in [0.25, 0.3) is 0 Å². The number of ether oxygens (including phenoxy) is 2. The molecule has 1 aliphatic carbocycles. The second-order valence-corrected chi connectivity index (χ2v) is 9.81. The molecule has 2 aliphatic heterocycles. The molecule has 2 aromatic heterocycles. The molecule has 0 N–H and O–H groups in total. The highest BCUT2D eigenvalue weighted by molar-refractivity contribution is 7.09. The zero-order valence-electron chi connectivity index (χ0n) is 17.9. The second kappa shape index (κ2) is 7.59. The van der Waals surface area contributed by atoms with E-state index in [1.807, 2.05) is 5.38 Å². The first kappa shape index (κ1) is 19.7. The molecule has 7 heteroatoms. The number of fused-ring (bicyclic) bond motifs is 5. The Labute approximate surface area is 189 Å². The number of ketones is 1. The Hall–Kier alpha value is -2.93. The zero-order valence-corrected chi connectivity index (χ0v) is 18.7. The topological polar surface area (TPSA) is 70.4 Å². The minimum absolute atomic E-state index is 0.0733. The molecule has 1 atom stereocenters. The molecule has 6 nitrogen and oxygen atoms in total. The Bertz CT molecular complexity index is 1270. The van der Waals surface area contributed by atoms with Crippen LogP contribution in [-0.4, -0.2) is 28.5 Å². The summed E-state index contributed by atoms with van der Waals surface area (Å²) in [5.74, 6) is 2.21. The first-order valence-electron chi connectivity index (χ1n) is 11.2. The van der Waals surface area contributed by atoms with Crippen molar-refractivity contribution < 1.29 is 14.3 Å². The molecule has 0 bridgehead atoms. The van der Waals surface area contributed by atoms with E-state index in [0.717, 1.165) is 64.1 Å². The van der Waals surface area contributed by atoms with Crippen LogP contribution in [0.3, 0.4) is 0 Å². The van der Waals surface area contributed by atoms with Crippen LogP contribution in [0.4, 0.5) is 0 Å². The van der Waals surface area contributed by atoms with E-state index in [1.165, 1.54) is 19.8 Å². The van der Waals surface area contributed by atoms with Crippen molar-refractivity contribution in [1.29, 1.82) is 0 Å². The highest BCUT2D eigenvalue weighted by Crippen LogP contribution is 2.48. The average Bonchev–Trinajstić information content (AvgIpc) is 3.23. The fourth-order valence-corrected chi connectivity index (χ4v) is 5.65. The van der Waals surface area contributed by atoms with E-state index in [4.69, 9.17) is 9.47 Å². The number of benzene rings is 1. The number of nitrogens with zero attached hydrogens (tertiary/aromatic N) is 2. The lowest BCUT2D eigenvalue weighted by atomic mass is 9.87. The SMILES string of the molecule is CC(=O)c1cn2c(cc1=O)-c1c(cc(OCCC3CC3)c3c1CCO3)CC2c1nccs1. The Morgan fingerprint density at radius 1 is 1.34 bits per heavy atom. The van der Waals surface area contributed by atoms with Gasteiger partial charge in [0.1, 0.15) is 5.01 Å². The summed E-state index contributed by atoms with van der Waals surface area (Å²) < 4.78 is 14.3. The van der Waals surface area contributed by atoms with Crippen LogP contribution in [0.2, 0.25) is 0 Å². The van der Waals surface area contributed by atoms with Gasteiger partial charge < -0.3 is 14.0 Å². The summed E-state index contributed by atoms with van der Waals surface area (Å²) in [6.07, 6.45) is 8.73. The van der Waals surface area contributed by atoms with Gasteiger partial charge in [0.05, 0.1) is 30.5 Å². The fourth-order valence-electron chi connectivity index (χ4n) is 4.92. The van der Waals surface area contributed by atoms with E-state index in [-0.39, 0.29) is 22.8 Å². The number of hydrogen-bond acceptors (Lipinski definition) is 6. The maximum Gasteiger partial charge on any atom is 0.192 e. The van der Waals surface area contributed by atoms with Gasteiger partial charge in [0.15, 0.2) is 22.7 Å². The van der Waals surface area contributed by atoms with Gasteiger partial charge in [-0.25, -0.2) is 4.98 Å². The molecule has 0 amide bonds. The van der Waals surface area contributed by atoms with Crippen molar-refractivity contribution in [2.24, 2.45) is 5.92 Å². The summed E-state index contributed by atoms with van der Waals surface area (Å²) in [5.41, 5.74) is 4.09. The van der Waals surface area contributed by atoms with Crippen LogP contribution in [0.25, 0.3) is 11.3 Å². The molecule has 3 aromatic rings. The van der Waals surface area contributed by atoms with Crippen molar-refractivity contribution >= 4 is 17.1 Å². The lowest BCUT2D eigenvalue weighted by Crippen LogP contribution is -2.26. The summed E-state index contributed by atoms with van der Waals surface area (Å²) in [5, 5.41) is 2.92. The Kier molecular flexibility index (Phi) is 4.68. The number of thiazole rings is 1. The molecule has 1 aromatic carbocycles. The van der Waals surface area contributed by atoms with Gasteiger partial charge in [-0.05, 0) is 30.9 Å². The minimum Gasteiger partial charge on any atom is -0.490 e. The summed E-state index contributed by atoms with van der Waals surface area (Å²) in [6, 6.07) is 3.64. The van der Waals surface area contributed by atoms with Crippen LogP contribution >= 0.6 is 11.3 Å². The van der Waals surface area contributed by atoms with E-state index < -0.39 is 0 Å². The lowest BCUT2D eigenvalue weighted by Gasteiger charge is -2.31. The zero-order chi connectivity index (χ0) is 21.8. The number of carbonyl (C=O) groups excluding carboxylic acids is 1. The molecule has 3 aliphatic rings. The molecular weight excluding hydrogens is 424 g/mol. The molecule has 1 unspecified atom stereocenters. The van der Waals surface area contributed by atoms with E-state index in [2.05, 4.69) is 15.6 Å². The van der Waals surface area contributed by atoms with Gasteiger partial charge in [-0.3, -0.25) is 9.59 Å². The highest BCUT2D eigenvalue weighted by Gasteiger charge is 2.34. The highest BCUT2D eigenvalue weighted by atomic mass is 32.1. The van der Waals surface area contributed by atoms with Crippen LogP contribution in [0, 0.1) is 5.92 Å². The summed E-state index contributed by atoms with van der Waals surface area (Å²) in [4.78, 5) is 29.5. The molecule has 0 saturated heterocycles. The van der Waals surface area contributed by atoms with Crippen LogP contribution < -0.4 is 14.9 Å². The van der Waals surface area contributed by atoms with E-state index in [0.29, 0.717) is 13.2 Å². The standard InChI is InChI=1S/C25H24N2O4S/c1-14(28)18-13-27-19(12-21(18)29)23-16(10-20(27)25-26-6-9-32-25)11-22(24-17(23)5-8-31-24)30-7-4-15-2-3-15/h6,9,11-13,15,20H,2-5,7-8,10H2,1H3. The average molecular weight is 449 g/mol. The third-order valence-corrected chi connectivity index (χ3v) is 7.58. The van der Waals surface area contributed by atoms with Crippen molar-refractivity contribution in [2.45, 2.75) is 45.1 Å². The summed E-state index contributed by atoms with van der Waals surface area (Å²) in [6.45, 7) is 2.75. The third-order valence-electron chi connectivity index (χ3n) is 6.71. The van der Waals surface area contributed by atoms with Gasteiger partial charge in [-0.2, -0.15) is 0 Å². The maximum atomic E-state index is 12.8. The number of rotatable bonds is 6. The quantitative estimate of drug-likeness (QED) is 0.522. The first-order valence-corrected chi connectivity index (χ1v) is 12.1. The molecule has 164 valence electrons. The number of Topliss-reactive ketones (excluding diaryl/α,β-unsaturated/α-hetero) is 1. The molecule has 0 spiro atoms. The van der Waals surface area contributed by atoms with E-state index in [9.17, 15) is 9.59 Å². The van der Waals surface area contributed by atoms with Gasteiger partial charge in [0, 0.05) is 47.8 Å². The van der Waals surface area contributed by atoms with Crippen LogP contribution in [0.15, 0.2) is 34.7 Å². The minimum atomic E-state index is -0.244. The molecule has 1 fully saturated rings. The maximum absolute atomic E-state index is 12.8. The Morgan fingerprint density at radius 2 is 2.22 bits per heavy atom. The number of aromatic nitrogens is 2. The lowest BCUT2D eigenvalue weighted by molar-refractivity contribution is 0.101. The van der Waals surface area contributed by atoms with Crippen molar-refractivity contribution in [3.05, 3.63) is 61.8 Å². The smallest absolute Gasteiger partial charge is 0.192 e. The predicted molar refractivity (Wildman–Crippen MR) is 122 cm³/mol. The Balaban J connectivity index is 1.51. The largest absolute Gasteiger partial charge is 0.490 e. The van der Waals surface area contributed by atoms with Crippen molar-refractivity contribution in [3.63, 3.8) is 0 Å². The third kappa shape index (κ3) is 3.26. The van der Waals surface area contributed by atoms with Crippen molar-refractivity contribution in [1.82, 2.24) is 9.55 Å². The van der Waals surface area contributed by atoms with Crippen molar-refractivity contribution in [2.75, 3.05) is 13.2 Å². The normalized spacial score (nSPS) is 18.5. The molecule has 32 heavy (non-hydrogen) atoms. The summed E-state index contributed by atoms with van der Waals surface area (Å²) >= 11 is 1.59. The number of pyridine rings is 1. The van der Waals surface area contributed by atoms with Gasteiger partial charge in [-0.15, -0.1) is 11.3 Å². The Morgan fingerprint density at radius 3 is 2.97 bits per heavy atom. The van der Waals surface area contributed by atoms with E-state index >= 15 is 0 Å². The number of carbonyl (C=O) groups is 1. The molecule has 6 rings (SSSR count). The van der Waals surface area contributed by atoms with Crippen LogP contribution in [0.5, 0.6) is 11.5 Å². The molecule has 4 heterocycles. The summed E-state index contributed by atoms with van der Waals surface area (Å²) in [7, 11) is 0. The van der Waals surface area contributed by atoms with Crippen molar-refractivity contribution in [3.8, 4) is 22.8 Å². The second-order valence-electron chi connectivity index (χ2n) is 8.89. The van der Waals surface area contributed by atoms with Crippen LogP contribution in [0.1, 0.15) is 58.7 Å². The fraction of sp³-hybridized carbons (Fsp3) is 0.400. The number of hydrogen-bond donors (Lipinski definition) is 0. The molecule has 1 saturated carbocycles. The predicted octanol–water partition coefficient (Wildman–Crippen LogP) is 4.43. The van der Waals surface area contributed by atoms with Gasteiger partial charge in [-0.1, -0.05) is 12.8 Å². The molecule has 0 radical (unpaired) electrons. The molecular formula is C25H24N2O4S. The van der Waals surface area contributed by atoms with Crippen LogP contribution in [-0.2, 0) is 12.8 Å². The first-order chi connectivity index (χ1) is 15.6. The van der Waals surface area contributed by atoms with Gasteiger partial charge >= 0.3 is 0 Å².